The molecular weight excluding hydrogens is 138 g/mol. The second kappa shape index (κ2) is 2.17. The van der Waals surface area contributed by atoms with Gasteiger partial charge in [-0.15, -0.1) is 0 Å². The average molecular weight is 147 g/mol. The van der Waals surface area contributed by atoms with Gasteiger partial charge in [0.25, 0.3) is 0 Å². The largest absolute Gasteiger partial charge is 0.321 e. The lowest BCUT2D eigenvalue weighted by Gasteiger charge is -1.94. The molecule has 0 aliphatic heterocycles. The van der Waals surface area contributed by atoms with Gasteiger partial charge in [0.05, 0.1) is 6.04 Å². The summed E-state index contributed by atoms with van der Waals surface area (Å²) < 4.78 is 0. The van der Waals surface area contributed by atoms with Crippen molar-refractivity contribution in [1.29, 1.82) is 0 Å². The summed E-state index contributed by atoms with van der Waals surface area (Å²) in [6.07, 6.45) is 0.703. The molecule has 1 aromatic rings. The number of hydrogen-bond donors (Lipinski definition) is 1. The van der Waals surface area contributed by atoms with E-state index in [2.05, 4.69) is 0 Å². The van der Waals surface area contributed by atoms with Crippen molar-refractivity contribution in [3.8, 4) is 0 Å². The van der Waals surface area contributed by atoms with Crippen molar-refractivity contribution in [3.63, 3.8) is 0 Å². The van der Waals surface area contributed by atoms with Crippen molar-refractivity contribution in [2.24, 2.45) is 5.73 Å². The first-order chi connectivity index (χ1) is 5.29. The van der Waals surface area contributed by atoms with Crippen LogP contribution in [-0.2, 0) is 6.42 Å². The van der Waals surface area contributed by atoms with Crippen LogP contribution in [0.15, 0.2) is 24.3 Å². The number of nitrogens with two attached hydrogens (primary N) is 1. The molecule has 0 amide bonds. The zero-order valence-electron chi connectivity index (χ0n) is 6.08. The second-order valence-corrected chi connectivity index (χ2v) is 2.83. The van der Waals surface area contributed by atoms with Crippen LogP contribution in [0.2, 0.25) is 0 Å². The maximum atomic E-state index is 11.3. The van der Waals surface area contributed by atoms with Gasteiger partial charge in [-0.05, 0) is 12.0 Å². The van der Waals surface area contributed by atoms with E-state index in [1.54, 1.807) is 0 Å². The summed E-state index contributed by atoms with van der Waals surface area (Å²) in [7, 11) is 0. The van der Waals surface area contributed by atoms with Gasteiger partial charge in [0.15, 0.2) is 5.78 Å². The van der Waals surface area contributed by atoms with E-state index in [9.17, 15) is 4.79 Å². The average Bonchev–Trinajstić information content (AvgIpc) is 2.30. The molecule has 2 rings (SSSR count). The van der Waals surface area contributed by atoms with Gasteiger partial charge in [-0.1, -0.05) is 24.3 Å². The van der Waals surface area contributed by atoms with Gasteiger partial charge in [0, 0.05) is 5.56 Å². The van der Waals surface area contributed by atoms with Crippen LogP contribution in [0.1, 0.15) is 15.9 Å². The quantitative estimate of drug-likeness (QED) is 0.588. The van der Waals surface area contributed by atoms with Crippen LogP contribution in [0, 0.1) is 0 Å². The molecule has 1 aliphatic rings. The topological polar surface area (TPSA) is 43.1 Å². The first-order valence-electron chi connectivity index (χ1n) is 3.67. The lowest BCUT2D eigenvalue weighted by atomic mass is 10.1. The summed E-state index contributed by atoms with van der Waals surface area (Å²) in [5.41, 5.74) is 7.47. The highest BCUT2D eigenvalue weighted by atomic mass is 16.1. The van der Waals surface area contributed by atoms with E-state index >= 15 is 0 Å². The van der Waals surface area contributed by atoms with E-state index in [4.69, 9.17) is 5.73 Å². The Kier molecular flexibility index (Phi) is 1.29. The van der Waals surface area contributed by atoms with Crippen LogP contribution < -0.4 is 5.73 Å². The van der Waals surface area contributed by atoms with E-state index < -0.39 is 0 Å². The maximum Gasteiger partial charge on any atom is 0.180 e. The van der Waals surface area contributed by atoms with Gasteiger partial charge in [0.1, 0.15) is 0 Å². The minimum Gasteiger partial charge on any atom is -0.321 e. The molecular formula is C9H9NO. The number of carbonyl (C=O) groups excluding carboxylic acids is 1. The smallest absolute Gasteiger partial charge is 0.180 e. The Hall–Kier alpha value is -1.15. The van der Waals surface area contributed by atoms with Crippen molar-refractivity contribution < 1.29 is 4.79 Å². The monoisotopic (exact) mass is 147 g/mol. The summed E-state index contributed by atoms with van der Waals surface area (Å²) in [4.78, 5) is 11.3. The Morgan fingerprint density at radius 1 is 1.36 bits per heavy atom. The number of ketones is 1. The van der Waals surface area contributed by atoms with Crippen molar-refractivity contribution in [2.45, 2.75) is 12.5 Å². The fourth-order valence-corrected chi connectivity index (χ4v) is 1.47. The molecule has 0 bridgehead atoms. The number of fused-ring (bicyclic) bond motifs is 1. The van der Waals surface area contributed by atoms with Crippen molar-refractivity contribution in [1.82, 2.24) is 0 Å². The Bertz CT molecular complexity index is 306. The molecule has 2 nitrogen and oxygen atoms in total. The first kappa shape index (κ1) is 6.55. The Labute approximate surface area is 65.0 Å². The van der Waals surface area contributed by atoms with Gasteiger partial charge in [-0.25, -0.2) is 0 Å². The van der Waals surface area contributed by atoms with Crippen LogP contribution >= 0.6 is 0 Å². The number of hydrogen-bond acceptors (Lipinski definition) is 2. The third kappa shape index (κ3) is 0.870. The molecule has 2 N–H and O–H groups in total. The van der Waals surface area contributed by atoms with E-state index in [1.165, 1.54) is 0 Å². The maximum absolute atomic E-state index is 11.3. The van der Waals surface area contributed by atoms with Crippen molar-refractivity contribution >= 4 is 5.78 Å². The van der Waals surface area contributed by atoms with Crippen molar-refractivity contribution in [3.05, 3.63) is 35.4 Å². The van der Waals surface area contributed by atoms with Crippen molar-refractivity contribution in [2.75, 3.05) is 0 Å². The molecule has 0 fully saturated rings. The molecule has 0 radical (unpaired) electrons. The summed E-state index contributed by atoms with van der Waals surface area (Å²) in [6.45, 7) is 0. The molecule has 0 aromatic heterocycles. The van der Waals surface area contributed by atoms with Crippen LogP contribution in [-0.4, -0.2) is 11.8 Å². The highest BCUT2D eigenvalue weighted by Gasteiger charge is 2.26. The minimum absolute atomic E-state index is 0.0839. The van der Waals surface area contributed by atoms with Gasteiger partial charge < -0.3 is 5.73 Å². The SMILES string of the molecule is NC1Cc2ccccc2C1=O. The Morgan fingerprint density at radius 2 is 2.09 bits per heavy atom. The zero-order valence-corrected chi connectivity index (χ0v) is 6.08. The summed E-state index contributed by atoms with van der Waals surface area (Å²) in [6, 6.07) is 7.30. The Morgan fingerprint density at radius 3 is 2.82 bits per heavy atom. The van der Waals surface area contributed by atoms with E-state index in [-0.39, 0.29) is 11.8 Å². The molecule has 0 heterocycles. The van der Waals surface area contributed by atoms with Crippen LogP contribution in [0.5, 0.6) is 0 Å². The number of rotatable bonds is 0. The van der Waals surface area contributed by atoms with E-state index in [0.29, 0.717) is 6.42 Å². The summed E-state index contributed by atoms with van der Waals surface area (Å²) in [5.74, 6) is 0.0839. The highest BCUT2D eigenvalue weighted by Crippen LogP contribution is 2.19. The van der Waals surface area contributed by atoms with Gasteiger partial charge in [0.2, 0.25) is 0 Å². The van der Waals surface area contributed by atoms with Crippen LogP contribution in [0.25, 0.3) is 0 Å². The Balaban J connectivity index is 2.55. The predicted octanol–water partition coefficient (Wildman–Crippen LogP) is 0.753. The molecule has 2 heteroatoms. The molecule has 11 heavy (non-hydrogen) atoms. The van der Waals surface area contributed by atoms with Crippen LogP contribution in [0.4, 0.5) is 0 Å². The molecule has 1 unspecified atom stereocenters. The lowest BCUT2D eigenvalue weighted by Crippen LogP contribution is -2.26. The molecule has 0 spiro atoms. The molecule has 1 aromatic carbocycles. The summed E-state index contributed by atoms with van der Waals surface area (Å²) >= 11 is 0. The van der Waals surface area contributed by atoms with Crippen LogP contribution in [0.3, 0.4) is 0 Å². The first-order valence-corrected chi connectivity index (χ1v) is 3.67. The number of Topliss-reactive ketones (excluding diaryl/α,β-unsaturated/α-hetero) is 1. The molecule has 0 saturated carbocycles. The summed E-state index contributed by atoms with van der Waals surface area (Å²) in [5, 5.41) is 0. The normalized spacial score (nSPS) is 21.9. The number of benzene rings is 1. The van der Waals surface area contributed by atoms with Gasteiger partial charge >= 0.3 is 0 Å². The highest BCUT2D eigenvalue weighted by molar-refractivity contribution is 6.04. The van der Waals surface area contributed by atoms with Gasteiger partial charge in [-0.3, -0.25) is 4.79 Å². The standard InChI is InChI=1S/C9H9NO/c10-8-5-6-3-1-2-4-7(6)9(8)11/h1-4,8H,5,10H2. The zero-order chi connectivity index (χ0) is 7.84. The fourth-order valence-electron chi connectivity index (χ4n) is 1.47. The third-order valence-electron chi connectivity index (χ3n) is 2.06. The molecule has 1 aliphatic carbocycles. The molecule has 56 valence electrons. The second-order valence-electron chi connectivity index (χ2n) is 2.83. The molecule has 0 saturated heterocycles. The minimum atomic E-state index is -0.299. The predicted molar refractivity (Wildman–Crippen MR) is 42.5 cm³/mol. The van der Waals surface area contributed by atoms with E-state index in [0.717, 1.165) is 11.1 Å². The fraction of sp³-hybridized carbons (Fsp3) is 0.222. The van der Waals surface area contributed by atoms with E-state index in [1.807, 2.05) is 24.3 Å². The van der Waals surface area contributed by atoms with Gasteiger partial charge in [-0.2, -0.15) is 0 Å². The molecule has 1 atom stereocenters. The lowest BCUT2D eigenvalue weighted by molar-refractivity contribution is 0.0974. The third-order valence-corrected chi connectivity index (χ3v) is 2.06. The number of carbonyl (C=O) groups is 1.